The minimum Gasteiger partial charge on any atom is -0.277 e. The average molecular weight is 361 g/mol. The van der Waals surface area contributed by atoms with Crippen molar-refractivity contribution in [2.24, 2.45) is 0 Å². The SMILES string of the molecule is Cc1cccc2c1c(-c1ccccc1)c(-c1ccccc1)n2-c1ncccn1. The van der Waals surface area contributed by atoms with E-state index in [0.717, 1.165) is 16.8 Å². The zero-order valence-corrected chi connectivity index (χ0v) is 15.6. The lowest BCUT2D eigenvalue weighted by atomic mass is 9.96. The largest absolute Gasteiger partial charge is 0.277 e. The lowest BCUT2D eigenvalue weighted by Crippen LogP contribution is -2.02. The molecule has 0 aliphatic rings. The van der Waals surface area contributed by atoms with Gasteiger partial charge in [0.05, 0.1) is 11.2 Å². The van der Waals surface area contributed by atoms with Crippen LogP contribution in [0.5, 0.6) is 0 Å². The lowest BCUT2D eigenvalue weighted by molar-refractivity contribution is 0.968. The van der Waals surface area contributed by atoms with Gasteiger partial charge in [0.25, 0.3) is 0 Å². The maximum atomic E-state index is 4.57. The Morgan fingerprint density at radius 2 is 1.29 bits per heavy atom. The van der Waals surface area contributed by atoms with Gasteiger partial charge in [-0.05, 0) is 35.7 Å². The molecule has 0 spiro atoms. The molecule has 0 N–H and O–H groups in total. The Hall–Kier alpha value is -3.72. The molecule has 28 heavy (non-hydrogen) atoms. The van der Waals surface area contributed by atoms with Crippen LogP contribution in [-0.2, 0) is 0 Å². The molecule has 0 bridgehead atoms. The van der Waals surface area contributed by atoms with Gasteiger partial charge in [0.15, 0.2) is 0 Å². The van der Waals surface area contributed by atoms with Crippen molar-refractivity contribution in [3.63, 3.8) is 0 Å². The van der Waals surface area contributed by atoms with Crippen LogP contribution in [0.1, 0.15) is 5.56 Å². The fourth-order valence-corrected chi connectivity index (χ4v) is 3.88. The van der Waals surface area contributed by atoms with E-state index in [0.29, 0.717) is 5.95 Å². The van der Waals surface area contributed by atoms with Crippen molar-refractivity contribution in [2.75, 3.05) is 0 Å². The lowest BCUT2D eigenvalue weighted by Gasteiger charge is -2.11. The van der Waals surface area contributed by atoms with E-state index in [1.807, 2.05) is 12.1 Å². The minimum absolute atomic E-state index is 0.680. The number of benzene rings is 3. The van der Waals surface area contributed by atoms with Crippen LogP contribution >= 0.6 is 0 Å². The minimum atomic E-state index is 0.680. The third kappa shape index (κ3) is 2.60. The number of nitrogens with zero attached hydrogens (tertiary/aromatic N) is 3. The van der Waals surface area contributed by atoms with Crippen molar-refractivity contribution in [1.29, 1.82) is 0 Å². The van der Waals surface area contributed by atoms with Crippen molar-refractivity contribution < 1.29 is 0 Å². The van der Waals surface area contributed by atoms with Gasteiger partial charge >= 0.3 is 0 Å². The summed E-state index contributed by atoms with van der Waals surface area (Å²) in [6.45, 7) is 2.17. The van der Waals surface area contributed by atoms with Gasteiger partial charge < -0.3 is 0 Å². The Labute approximate surface area is 164 Å². The molecule has 0 aliphatic carbocycles. The highest BCUT2D eigenvalue weighted by Crippen LogP contribution is 2.43. The van der Waals surface area contributed by atoms with Gasteiger partial charge in [-0.25, -0.2) is 9.97 Å². The maximum Gasteiger partial charge on any atom is 0.234 e. The summed E-state index contributed by atoms with van der Waals surface area (Å²) in [7, 11) is 0. The van der Waals surface area contributed by atoms with Crippen LogP contribution in [0.2, 0.25) is 0 Å². The van der Waals surface area contributed by atoms with Gasteiger partial charge in [0, 0.05) is 23.3 Å². The molecule has 3 nitrogen and oxygen atoms in total. The van der Waals surface area contributed by atoms with Gasteiger partial charge in [0.1, 0.15) is 0 Å². The Kier molecular flexibility index (Phi) is 3.99. The van der Waals surface area contributed by atoms with Crippen LogP contribution in [-0.4, -0.2) is 14.5 Å². The monoisotopic (exact) mass is 361 g/mol. The Balaban J connectivity index is 2.00. The first-order chi connectivity index (χ1) is 13.8. The number of hydrogen-bond donors (Lipinski definition) is 0. The van der Waals surface area contributed by atoms with E-state index in [2.05, 4.69) is 94.3 Å². The molecule has 0 aliphatic heterocycles. The average Bonchev–Trinajstić information content (AvgIpc) is 3.12. The molecule has 134 valence electrons. The van der Waals surface area contributed by atoms with E-state index in [4.69, 9.17) is 0 Å². The number of aromatic nitrogens is 3. The highest BCUT2D eigenvalue weighted by Gasteiger charge is 2.23. The molecule has 5 aromatic rings. The summed E-state index contributed by atoms with van der Waals surface area (Å²) in [5.74, 6) is 0.680. The second-order valence-corrected chi connectivity index (χ2v) is 6.81. The van der Waals surface area contributed by atoms with Crippen LogP contribution in [0.4, 0.5) is 0 Å². The van der Waals surface area contributed by atoms with Crippen LogP contribution in [0, 0.1) is 6.92 Å². The maximum absolute atomic E-state index is 4.57. The molecule has 2 heterocycles. The second-order valence-electron chi connectivity index (χ2n) is 6.81. The molecule has 0 radical (unpaired) electrons. The summed E-state index contributed by atoms with van der Waals surface area (Å²) >= 11 is 0. The second kappa shape index (κ2) is 6.78. The van der Waals surface area contributed by atoms with Crippen molar-refractivity contribution in [3.8, 4) is 28.3 Å². The van der Waals surface area contributed by atoms with E-state index in [1.54, 1.807) is 12.4 Å². The Morgan fingerprint density at radius 1 is 0.643 bits per heavy atom. The molecular weight excluding hydrogens is 342 g/mol. The molecule has 0 atom stereocenters. The van der Waals surface area contributed by atoms with Gasteiger partial charge in [0.2, 0.25) is 5.95 Å². The van der Waals surface area contributed by atoms with E-state index in [-0.39, 0.29) is 0 Å². The van der Waals surface area contributed by atoms with Gasteiger partial charge in [-0.1, -0.05) is 72.8 Å². The quantitative estimate of drug-likeness (QED) is 0.391. The number of aryl methyl sites for hydroxylation is 1. The van der Waals surface area contributed by atoms with Crippen LogP contribution in [0.25, 0.3) is 39.2 Å². The first-order valence-corrected chi connectivity index (χ1v) is 9.37. The van der Waals surface area contributed by atoms with E-state index in [1.165, 1.54) is 22.1 Å². The predicted molar refractivity (Wildman–Crippen MR) is 114 cm³/mol. The molecule has 0 unspecified atom stereocenters. The Bertz CT molecular complexity index is 1240. The molecular formula is C25H19N3. The Morgan fingerprint density at radius 3 is 1.96 bits per heavy atom. The van der Waals surface area contributed by atoms with Crippen molar-refractivity contribution in [1.82, 2.24) is 14.5 Å². The first kappa shape index (κ1) is 16.5. The third-order valence-corrected chi connectivity index (χ3v) is 5.06. The topological polar surface area (TPSA) is 30.7 Å². The van der Waals surface area contributed by atoms with Crippen LogP contribution in [0.3, 0.4) is 0 Å². The molecule has 0 amide bonds. The predicted octanol–water partition coefficient (Wildman–Crippen LogP) is 6.06. The van der Waals surface area contributed by atoms with Crippen molar-refractivity contribution in [2.45, 2.75) is 6.92 Å². The van der Waals surface area contributed by atoms with Crippen molar-refractivity contribution in [3.05, 3.63) is 103 Å². The summed E-state index contributed by atoms with van der Waals surface area (Å²) in [6.07, 6.45) is 3.59. The normalized spacial score (nSPS) is 11.0. The smallest absolute Gasteiger partial charge is 0.234 e. The molecule has 0 fully saturated rings. The molecule has 0 saturated heterocycles. The van der Waals surface area contributed by atoms with E-state index >= 15 is 0 Å². The van der Waals surface area contributed by atoms with Gasteiger partial charge in [-0.15, -0.1) is 0 Å². The number of rotatable bonds is 3. The van der Waals surface area contributed by atoms with Crippen LogP contribution in [0.15, 0.2) is 97.3 Å². The van der Waals surface area contributed by atoms with Crippen LogP contribution < -0.4 is 0 Å². The summed E-state index contributed by atoms with van der Waals surface area (Å²) in [4.78, 5) is 9.15. The molecule has 3 heteroatoms. The van der Waals surface area contributed by atoms with E-state index in [9.17, 15) is 0 Å². The van der Waals surface area contributed by atoms with Crippen molar-refractivity contribution >= 4 is 10.9 Å². The van der Waals surface area contributed by atoms with Gasteiger partial charge in [-0.3, -0.25) is 4.57 Å². The number of hydrogen-bond acceptors (Lipinski definition) is 2. The zero-order valence-electron chi connectivity index (χ0n) is 15.6. The zero-order chi connectivity index (χ0) is 18.9. The fourth-order valence-electron chi connectivity index (χ4n) is 3.88. The summed E-state index contributed by atoms with van der Waals surface area (Å²) in [6, 6.07) is 29.3. The molecule has 2 aromatic heterocycles. The summed E-state index contributed by atoms with van der Waals surface area (Å²) in [5.41, 5.74) is 7.02. The highest BCUT2D eigenvalue weighted by atomic mass is 15.2. The molecule has 3 aromatic carbocycles. The summed E-state index contributed by atoms with van der Waals surface area (Å²) in [5, 5.41) is 1.24. The fraction of sp³-hybridized carbons (Fsp3) is 0.0400. The molecule has 0 saturated carbocycles. The number of fused-ring (bicyclic) bond motifs is 1. The third-order valence-electron chi connectivity index (χ3n) is 5.06. The summed E-state index contributed by atoms with van der Waals surface area (Å²) < 4.78 is 2.18. The van der Waals surface area contributed by atoms with E-state index < -0.39 is 0 Å². The van der Waals surface area contributed by atoms with Gasteiger partial charge in [-0.2, -0.15) is 0 Å². The highest BCUT2D eigenvalue weighted by molar-refractivity contribution is 6.07. The standard InChI is InChI=1S/C25H19N3/c1-18-10-8-15-21-22(18)23(19-11-4-2-5-12-19)24(20-13-6-3-7-14-20)28(21)25-26-16-9-17-27-25/h2-17H,1H3. The molecule has 5 rings (SSSR count). The first-order valence-electron chi connectivity index (χ1n) is 9.37.